The van der Waals surface area contributed by atoms with E-state index in [4.69, 9.17) is 4.74 Å². The lowest BCUT2D eigenvalue weighted by atomic mass is 10.2. The predicted molar refractivity (Wildman–Crippen MR) is 53.0 cm³/mol. The molecule has 0 bridgehead atoms. The summed E-state index contributed by atoms with van der Waals surface area (Å²) >= 11 is 0. The fraction of sp³-hybridized carbons (Fsp3) is 0.900. The van der Waals surface area contributed by atoms with Crippen LogP contribution >= 0.6 is 0 Å². The van der Waals surface area contributed by atoms with Gasteiger partial charge in [0.05, 0.1) is 12.6 Å². The molecule has 2 rings (SSSR count). The van der Waals surface area contributed by atoms with E-state index in [0.717, 1.165) is 19.4 Å². The fourth-order valence-electron chi connectivity index (χ4n) is 1.62. The Kier molecular flexibility index (Phi) is 3.37. The molecule has 0 unspecified atom stereocenters. The van der Waals surface area contributed by atoms with Crippen LogP contribution in [-0.4, -0.2) is 37.7 Å². The van der Waals surface area contributed by atoms with E-state index in [1.54, 1.807) is 0 Å². The van der Waals surface area contributed by atoms with E-state index in [-0.39, 0.29) is 12.0 Å². The molecular weight excluding hydrogens is 180 g/mol. The molecule has 0 spiro atoms. The predicted octanol–water partition coefficient (Wildman–Crippen LogP) is 0.0336. The average Bonchev–Trinajstić information content (AvgIpc) is 2.87. The lowest BCUT2D eigenvalue weighted by Crippen LogP contribution is -2.38. The van der Waals surface area contributed by atoms with Crippen LogP contribution in [0.3, 0.4) is 0 Å². The molecule has 1 saturated carbocycles. The monoisotopic (exact) mass is 198 g/mol. The summed E-state index contributed by atoms with van der Waals surface area (Å²) in [5.41, 5.74) is 0. The topological polar surface area (TPSA) is 50.4 Å². The SMILES string of the molecule is O=C(CNC1CC1)NC[C@H]1CCCO1. The molecule has 14 heavy (non-hydrogen) atoms. The van der Waals surface area contributed by atoms with Crippen LogP contribution in [0.15, 0.2) is 0 Å². The Morgan fingerprint density at radius 1 is 1.36 bits per heavy atom. The van der Waals surface area contributed by atoms with Gasteiger partial charge in [-0.25, -0.2) is 0 Å². The van der Waals surface area contributed by atoms with E-state index in [0.29, 0.717) is 19.1 Å². The first-order valence-corrected chi connectivity index (χ1v) is 5.46. The minimum atomic E-state index is 0.0902. The van der Waals surface area contributed by atoms with Gasteiger partial charge in [-0.1, -0.05) is 0 Å². The zero-order valence-electron chi connectivity index (χ0n) is 8.42. The first-order valence-electron chi connectivity index (χ1n) is 5.46. The van der Waals surface area contributed by atoms with Gasteiger partial charge in [0.1, 0.15) is 0 Å². The number of rotatable bonds is 5. The first-order chi connectivity index (χ1) is 6.84. The quantitative estimate of drug-likeness (QED) is 0.655. The van der Waals surface area contributed by atoms with Crippen LogP contribution in [-0.2, 0) is 9.53 Å². The highest BCUT2D eigenvalue weighted by Gasteiger charge is 2.21. The highest BCUT2D eigenvalue weighted by Crippen LogP contribution is 2.17. The van der Waals surface area contributed by atoms with Crippen molar-refractivity contribution in [2.45, 2.75) is 37.8 Å². The van der Waals surface area contributed by atoms with Crippen molar-refractivity contribution >= 4 is 5.91 Å². The van der Waals surface area contributed by atoms with Gasteiger partial charge in [0.25, 0.3) is 0 Å². The van der Waals surface area contributed by atoms with Crippen LogP contribution in [0.5, 0.6) is 0 Å². The summed E-state index contributed by atoms with van der Waals surface area (Å²) < 4.78 is 5.41. The van der Waals surface area contributed by atoms with E-state index in [9.17, 15) is 4.79 Å². The van der Waals surface area contributed by atoms with E-state index in [1.807, 2.05) is 0 Å². The van der Waals surface area contributed by atoms with Crippen LogP contribution in [0, 0.1) is 0 Å². The smallest absolute Gasteiger partial charge is 0.234 e. The molecule has 1 heterocycles. The Labute approximate surface area is 84.4 Å². The van der Waals surface area contributed by atoms with Gasteiger partial charge in [-0.2, -0.15) is 0 Å². The number of amides is 1. The lowest BCUT2D eigenvalue weighted by molar-refractivity contribution is -0.120. The number of carbonyl (C=O) groups is 1. The summed E-state index contributed by atoms with van der Waals surface area (Å²) in [6.07, 6.45) is 4.90. The third kappa shape index (κ3) is 3.27. The number of nitrogens with one attached hydrogen (secondary N) is 2. The second-order valence-corrected chi connectivity index (χ2v) is 4.09. The molecule has 2 aliphatic rings. The van der Waals surface area contributed by atoms with E-state index >= 15 is 0 Å². The van der Waals surface area contributed by atoms with Gasteiger partial charge in [0, 0.05) is 19.2 Å². The van der Waals surface area contributed by atoms with Crippen molar-refractivity contribution in [1.82, 2.24) is 10.6 Å². The van der Waals surface area contributed by atoms with Gasteiger partial charge >= 0.3 is 0 Å². The van der Waals surface area contributed by atoms with Crippen molar-refractivity contribution in [1.29, 1.82) is 0 Å². The van der Waals surface area contributed by atoms with Gasteiger partial charge in [0.2, 0.25) is 5.91 Å². The molecule has 1 atom stereocenters. The molecule has 1 aliphatic heterocycles. The minimum Gasteiger partial charge on any atom is -0.376 e. The van der Waals surface area contributed by atoms with Gasteiger partial charge < -0.3 is 15.4 Å². The van der Waals surface area contributed by atoms with E-state index in [1.165, 1.54) is 12.8 Å². The Balaban J connectivity index is 1.52. The molecular formula is C10H18N2O2. The Hall–Kier alpha value is -0.610. The van der Waals surface area contributed by atoms with Crippen LogP contribution in [0.4, 0.5) is 0 Å². The van der Waals surface area contributed by atoms with Gasteiger partial charge in [-0.3, -0.25) is 4.79 Å². The van der Waals surface area contributed by atoms with E-state index < -0.39 is 0 Å². The van der Waals surface area contributed by atoms with Crippen LogP contribution < -0.4 is 10.6 Å². The second-order valence-electron chi connectivity index (χ2n) is 4.09. The van der Waals surface area contributed by atoms with Crippen LogP contribution in [0.25, 0.3) is 0 Å². The zero-order chi connectivity index (χ0) is 9.80. The molecule has 0 aromatic rings. The standard InChI is InChI=1S/C10H18N2O2/c13-10(7-11-8-3-4-8)12-6-9-2-1-5-14-9/h8-9,11H,1-7H2,(H,12,13)/t9-/m1/s1. The molecule has 2 N–H and O–H groups in total. The molecule has 4 heteroatoms. The van der Waals surface area contributed by atoms with E-state index in [2.05, 4.69) is 10.6 Å². The fourth-order valence-corrected chi connectivity index (χ4v) is 1.62. The number of ether oxygens (including phenoxy) is 1. The van der Waals surface area contributed by atoms with Crippen LogP contribution in [0.2, 0.25) is 0 Å². The summed E-state index contributed by atoms with van der Waals surface area (Å²) in [7, 11) is 0. The molecule has 80 valence electrons. The summed E-state index contributed by atoms with van der Waals surface area (Å²) in [6.45, 7) is 1.98. The highest BCUT2D eigenvalue weighted by atomic mass is 16.5. The summed E-state index contributed by atoms with van der Waals surface area (Å²) in [4.78, 5) is 11.3. The molecule has 1 saturated heterocycles. The molecule has 2 fully saturated rings. The zero-order valence-corrected chi connectivity index (χ0v) is 8.42. The lowest BCUT2D eigenvalue weighted by Gasteiger charge is -2.10. The summed E-state index contributed by atoms with van der Waals surface area (Å²) in [5, 5.41) is 6.06. The van der Waals surface area contributed by atoms with Crippen molar-refractivity contribution in [3.63, 3.8) is 0 Å². The second kappa shape index (κ2) is 4.75. The van der Waals surface area contributed by atoms with Crippen molar-refractivity contribution in [3.05, 3.63) is 0 Å². The molecule has 4 nitrogen and oxygen atoms in total. The first kappa shape index (κ1) is 9.93. The molecule has 0 radical (unpaired) electrons. The highest BCUT2D eigenvalue weighted by molar-refractivity contribution is 5.78. The molecule has 1 amide bonds. The molecule has 0 aromatic heterocycles. The van der Waals surface area contributed by atoms with Gasteiger partial charge in [-0.05, 0) is 25.7 Å². The van der Waals surface area contributed by atoms with Crippen molar-refractivity contribution < 1.29 is 9.53 Å². The van der Waals surface area contributed by atoms with Crippen molar-refractivity contribution in [2.75, 3.05) is 19.7 Å². The van der Waals surface area contributed by atoms with Gasteiger partial charge in [0.15, 0.2) is 0 Å². The Morgan fingerprint density at radius 3 is 2.86 bits per heavy atom. The van der Waals surface area contributed by atoms with Crippen LogP contribution in [0.1, 0.15) is 25.7 Å². The maximum absolute atomic E-state index is 11.3. The summed E-state index contributed by atoms with van der Waals surface area (Å²) in [6, 6.07) is 0.600. The Morgan fingerprint density at radius 2 is 2.21 bits per heavy atom. The molecule has 0 aromatic carbocycles. The summed E-state index contributed by atoms with van der Waals surface area (Å²) in [5.74, 6) is 0.0902. The number of carbonyl (C=O) groups excluding carboxylic acids is 1. The van der Waals surface area contributed by atoms with Gasteiger partial charge in [-0.15, -0.1) is 0 Å². The maximum Gasteiger partial charge on any atom is 0.234 e. The average molecular weight is 198 g/mol. The van der Waals surface area contributed by atoms with Crippen molar-refractivity contribution in [2.24, 2.45) is 0 Å². The number of hydrogen-bond donors (Lipinski definition) is 2. The van der Waals surface area contributed by atoms with Crippen molar-refractivity contribution in [3.8, 4) is 0 Å². The minimum absolute atomic E-state index is 0.0902. The maximum atomic E-state index is 11.3. The third-order valence-electron chi connectivity index (χ3n) is 2.68. The largest absolute Gasteiger partial charge is 0.376 e. The third-order valence-corrected chi connectivity index (χ3v) is 2.68. The normalized spacial score (nSPS) is 26.4. The Bertz CT molecular complexity index is 198. The number of hydrogen-bond acceptors (Lipinski definition) is 3. The molecule has 1 aliphatic carbocycles.